The molecule has 0 saturated heterocycles. The molecule has 1 aromatic rings. The molecule has 1 amide bonds. The second-order valence-electron chi connectivity index (χ2n) is 4.32. The standard InChI is InChI=1S/C15H19N3O4/c1-4-5-10-18(11-6-8-12(21-2)9-7-11)14(19)13(17-16)15(20)22-3/h4,6-9,13,16H,1,5,10H2,2-3H3. The fourth-order valence-electron chi connectivity index (χ4n) is 1.82. The summed E-state index contributed by atoms with van der Waals surface area (Å²) in [6.45, 7) is 3.94. The first kappa shape index (κ1) is 17.4. The van der Waals surface area contributed by atoms with Crippen LogP contribution in [0.25, 0.3) is 0 Å². The van der Waals surface area contributed by atoms with Crippen LogP contribution in [0.15, 0.2) is 42.0 Å². The van der Waals surface area contributed by atoms with Crippen LogP contribution in [0.3, 0.4) is 0 Å². The normalized spacial score (nSPS) is 11.2. The number of amides is 1. The highest BCUT2D eigenvalue weighted by atomic mass is 16.5. The number of hydrogen-bond acceptors (Lipinski definition) is 6. The van der Waals surface area contributed by atoms with Crippen molar-refractivity contribution in [3.05, 3.63) is 36.9 Å². The van der Waals surface area contributed by atoms with Gasteiger partial charge in [-0.15, -0.1) is 6.58 Å². The van der Waals surface area contributed by atoms with Crippen molar-refractivity contribution in [3.8, 4) is 5.75 Å². The minimum absolute atomic E-state index is 0.317. The zero-order valence-electron chi connectivity index (χ0n) is 12.6. The van der Waals surface area contributed by atoms with E-state index in [0.717, 1.165) is 7.11 Å². The first-order valence-corrected chi connectivity index (χ1v) is 6.59. The Morgan fingerprint density at radius 1 is 1.36 bits per heavy atom. The molecule has 1 atom stereocenters. The van der Waals surface area contributed by atoms with Gasteiger partial charge in [0.05, 0.1) is 14.2 Å². The number of rotatable bonds is 8. The quantitative estimate of drug-likeness (QED) is 0.345. The number of nitrogens with one attached hydrogen (secondary N) is 1. The first-order valence-electron chi connectivity index (χ1n) is 6.59. The highest BCUT2D eigenvalue weighted by Gasteiger charge is 2.32. The molecular formula is C15H19N3O4. The molecule has 7 heteroatoms. The second-order valence-corrected chi connectivity index (χ2v) is 4.32. The zero-order valence-corrected chi connectivity index (χ0v) is 12.6. The van der Waals surface area contributed by atoms with Crippen LogP contribution in [0.1, 0.15) is 6.42 Å². The predicted octanol–water partition coefficient (Wildman–Crippen LogP) is 2.18. The number of ether oxygens (including phenoxy) is 2. The van der Waals surface area contributed by atoms with Crippen molar-refractivity contribution in [2.75, 3.05) is 25.7 Å². The average molecular weight is 305 g/mol. The van der Waals surface area contributed by atoms with Gasteiger partial charge >= 0.3 is 5.97 Å². The largest absolute Gasteiger partial charge is 0.497 e. The lowest BCUT2D eigenvalue weighted by Crippen LogP contribution is -2.43. The Kier molecular flexibility index (Phi) is 6.75. The van der Waals surface area contributed by atoms with Gasteiger partial charge in [-0.25, -0.2) is 10.3 Å². The van der Waals surface area contributed by atoms with Crippen molar-refractivity contribution < 1.29 is 19.1 Å². The van der Waals surface area contributed by atoms with E-state index in [4.69, 9.17) is 10.3 Å². The summed E-state index contributed by atoms with van der Waals surface area (Å²) in [6.07, 6.45) is 2.19. The van der Waals surface area contributed by atoms with Crippen LogP contribution in [-0.4, -0.2) is 38.7 Å². The summed E-state index contributed by atoms with van der Waals surface area (Å²) < 4.78 is 9.58. The van der Waals surface area contributed by atoms with Gasteiger partial charge in [0, 0.05) is 12.2 Å². The summed E-state index contributed by atoms with van der Waals surface area (Å²) in [6, 6.07) is 5.29. The van der Waals surface area contributed by atoms with Crippen molar-refractivity contribution in [3.63, 3.8) is 0 Å². The molecule has 0 spiro atoms. The van der Waals surface area contributed by atoms with E-state index in [0.29, 0.717) is 24.4 Å². The molecule has 0 aliphatic carbocycles. The molecule has 0 aromatic heterocycles. The Labute approximate surface area is 129 Å². The van der Waals surface area contributed by atoms with Crippen molar-refractivity contribution in [2.45, 2.75) is 12.5 Å². The summed E-state index contributed by atoms with van der Waals surface area (Å²) >= 11 is 0. The fraction of sp³-hybridized carbons (Fsp3) is 0.333. The number of nitrogens with zero attached hydrogens (tertiary/aromatic N) is 2. The van der Waals surface area contributed by atoms with E-state index < -0.39 is 17.9 Å². The Morgan fingerprint density at radius 3 is 2.45 bits per heavy atom. The van der Waals surface area contributed by atoms with Gasteiger partial charge in [0.2, 0.25) is 6.04 Å². The Hall–Kier alpha value is -2.70. The van der Waals surface area contributed by atoms with E-state index in [2.05, 4.69) is 16.4 Å². The maximum absolute atomic E-state index is 12.5. The van der Waals surface area contributed by atoms with E-state index >= 15 is 0 Å². The maximum atomic E-state index is 12.5. The molecule has 0 fully saturated rings. The van der Waals surface area contributed by atoms with Gasteiger partial charge in [-0.1, -0.05) is 6.08 Å². The van der Waals surface area contributed by atoms with Crippen molar-refractivity contribution in [2.24, 2.45) is 5.11 Å². The first-order chi connectivity index (χ1) is 10.6. The summed E-state index contributed by atoms with van der Waals surface area (Å²) in [4.78, 5) is 25.4. The molecule has 1 aromatic carbocycles. The van der Waals surface area contributed by atoms with Gasteiger partial charge in [-0.2, -0.15) is 5.11 Å². The summed E-state index contributed by atoms with van der Waals surface area (Å²) in [5.41, 5.74) is 7.63. The van der Waals surface area contributed by atoms with Crippen molar-refractivity contribution in [1.29, 1.82) is 5.53 Å². The number of benzene rings is 1. The minimum atomic E-state index is -1.50. The fourth-order valence-corrected chi connectivity index (χ4v) is 1.82. The number of carbonyl (C=O) groups is 2. The smallest absolute Gasteiger partial charge is 0.342 e. The third-order valence-electron chi connectivity index (χ3n) is 2.99. The molecule has 118 valence electrons. The molecule has 0 aliphatic rings. The molecule has 1 rings (SSSR count). The lowest BCUT2D eigenvalue weighted by molar-refractivity contribution is -0.145. The number of esters is 1. The average Bonchev–Trinajstić information content (AvgIpc) is 2.56. The summed E-state index contributed by atoms with van der Waals surface area (Å²) in [5, 5.41) is 3.08. The van der Waals surface area contributed by atoms with Crippen molar-refractivity contribution in [1.82, 2.24) is 0 Å². The predicted molar refractivity (Wildman–Crippen MR) is 81.1 cm³/mol. The third kappa shape index (κ3) is 4.15. The van der Waals surface area contributed by atoms with Gasteiger partial charge in [0.15, 0.2) is 0 Å². The molecular weight excluding hydrogens is 286 g/mol. The molecule has 0 saturated carbocycles. The number of carbonyl (C=O) groups excluding carboxylic acids is 2. The number of hydrogen-bond donors (Lipinski definition) is 1. The Morgan fingerprint density at radius 2 is 2.00 bits per heavy atom. The van der Waals surface area contributed by atoms with Gasteiger partial charge < -0.3 is 14.4 Å². The van der Waals surface area contributed by atoms with Crippen molar-refractivity contribution >= 4 is 17.6 Å². The highest BCUT2D eigenvalue weighted by Crippen LogP contribution is 2.21. The van der Waals surface area contributed by atoms with Gasteiger partial charge in [-0.05, 0) is 30.7 Å². The number of methoxy groups -OCH3 is 2. The SMILES string of the molecule is C=CCCN(C(=O)C(N=N)C(=O)OC)c1ccc(OC)cc1. The monoisotopic (exact) mass is 305 g/mol. The lowest BCUT2D eigenvalue weighted by Gasteiger charge is -2.24. The van der Waals surface area contributed by atoms with Gasteiger partial charge in [0.25, 0.3) is 5.91 Å². The molecule has 1 N–H and O–H groups in total. The van der Waals surface area contributed by atoms with E-state index in [1.54, 1.807) is 37.5 Å². The molecule has 0 bridgehead atoms. The molecule has 7 nitrogen and oxygen atoms in total. The molecule has 0 heterocycles. The van der Waals surface area contributed by atoms with Crippen LogP contribution in [0.4, 0.5) is 5.69 Å². The Bertz CT molecular complexity index is 542. The van der Waals surface area contributed by atoms with Gasteiger partial charge in [-0.3, -0.25) is 4.79 Å². The molecule has 1 unspecified atom stereocenters. The minimum Gasteiger partial charge on any atom is -0.497 e. The second kappa shape index (κ2) is 8.56. The molecule has 22 heavy (non-hydrogen) atoms. The van der Waals surface area contributed by atoms with Crippen LogP contribution in [-0.2, 0) is 14.3 Å². The number of anilines is 1. The van der Waals surface area contributed by atoms with E-state index in [1.165, 1.54) is 4.90 Å². The van der Waals surface area contributed by atoms with Gasteiger partial charge in [0.1, 0.15) is 5.75 Å². The Balaban J connectivity index is 3.09. The van der Waals surface area contributed by atoms with E-state index in [1.807, 2.05) is 0 Å². The highest BCUT2D eigenvalue weighted by molar-refractivity contribution is 6.09. The topological polar surface area (TPSA) is 92.1 Å². The third-order valence-corrected chi connectivity index (χ3v) is 2.99. The van der Waals surface area contributed by atoms with E-state index in [-0.39, 0.29) is 0 Å². The zero-order chi connectivity index (χ0) is 16.5. The van der Waals surface area contributed by atoms with Crippen LogP contribution < -0.4 is 9.64 Å². The summed E-state index contributed by atoms with van der Waals surface area (Å²) in [7, 11) is 2.69. The van der Waals surface area contributed by atoms with Crippen LogP contribution in [0, 0.1) is 5.53 Å². The molecule has 0 aliphatic heterocycles. The molecule has 0 radical (unpaired) electrons. The van der Waals surface area contributed by atoms with Crippen LogP contribution in [0.2, 0.25) is 0 Å². The van der Waals surface area contributed by atoms with Crippen LogP contribution >= 0.6 is 0 Å². The van der Waals surface area contributed by atoms with E-state index in [9.17, 15) is 9.59 Å². The maximum Gasteiger partial charge on any atom is 0.342 e. The summed E-state index contributed by atoms with van der Waals surface area (Å²) in [5.74, 6) is -0.833. The lowest BCUT2D eigenvalue weighted by atomic mass is 10.2. The van der Waals surface area contributed by atoms with Crippen LogP contribution in [0.5, 0.6) is 5.75 Å².